The molecule has 35 heavy (non-hydrogen) atoms. The largest absolute Gasteiger partial charge is 0.463 e. The van der Waals surface area contributed by atoms with Crippen molar-refractivity contribution in [3.63, 3.8) is 0 Å². The molecule has 0 aliphatic carbocycles. The second kappa shape index (κ2) is 8.87. The molecule has 2 aromatic heterocycles. The van der Waals surface area contributed by atoms with E-state index in [1.807, 2.05) is 31.2 Å². The summed E-state index contributed by atoms with van der Waals surface area (Å²) in [7, 11) is 0. The highest BCUT2D eigenvalue weighted by molar-refractivity contribution is 6.12. The van der Waals surface area contributed by atoms with Gasteiger partial charge in [0.2, 0.25) is 5.91 Å². The second-order valence-electron chi connectivity index (χ2n) is 8.80. The molecule has 1 aliphatic rings. The van der Waals surface area contributed by atoms with E-state index in [0.717, 1.165) is 17.5 Å². The van der Waals surface area contributed by atoms with E-state index < -0.39 is 5.54 Å². The number of rotatable bonds is 6. The van der Waals surface area contributed by atoms with Gasteiger partial charge in [0.05, 0.1) is 12.8 Å². The van der Waals surface area contributed by atoms with Crippen LogP contribution in [-0.2, 0) is 24.3 Å². The number of furan rings is 1. The van der Waals surface area contributed by atoms with Crippen molar-refractivity contribution < 1.29 is 18.4 Å². The Kier molecular flexibility index (Phi) is 5.72. The van der Waals surface area contributed by atoms with E-state index in [1.54, 1.807) is 53.1 Å². The monoisotopic (exact) mass is 472 g/mol. The van der Waals surface area contributed by atoms with Crippen molar-refractivity contribution >= 4 is 17.5 Å². The molecule has 0 spiro atoms. The lowest BCUT2D eigenvalue weighted by Crippen LogP contribution is -2.64. The lowest BCUT2D eigenvalue weighted by atomic mass is 9.93. The Morgan fingerprint density at radius 2 is 1.91 bits per heavy atom. The molecular formula is C27H25FN4O3. The van der Waals surface area contributed by atoms with Crippen molar-refractivity contribution in [2.75, 3.05) is 4.90 Å². The Labute approximate surface area is 202 Å². The minimum absolute atomic E-state index is 0.153. The average molecular weight is 473 g/mol. The zero-order valence-corrected chi connectivity index (χ0v) is 19.5. The van der Waals surface area contributed by atoms with Gasteiger partial charge < -0.3 is 9.73 Å². The van der Waals surface area contributed by atoms with Gasteiger partial charge in [0.15, 0.2) is 5.76 Å². The van der Waals surface area contributed by atoms with Crippen LogP contribution >= 0.6 is 0 Å². The van der Waals surface area contributed by atoms with Crippen molar-refractivity contribution in [3.8, 4) is 11.5 Å². The molecule has 0 unspecified atom stereocenters. The number of nitrogens with zero attached hydrogens (tertiary/aromatic N) is 3. The van der Waals surface area contributed by atoms with Crippen LogP contribution < -0.4 is 10.2 Å². The van der Waals surface area contributed by atoms with E-state index >= 15 is 0 Å². The highest BCUT2D eigenvalue weighted by Gasteiger charge is 2.49. The summed E-state index contributed by atoms with van der Waals surface area (Å²) < 4.78 is 20.3. The number of carbonyl (C=O) groups is 2. The number of carbonyl (C=O) groups excluding carboxylic acids is 2. The Morgan fingerprint density at radius 3 is 2.63 bits per heavy atom. The van der Waals surface area contributed by atoms with Crippen molar-refractivity contribution in [1.29, 1.82) is 0 Å². The van der Waals surface area contributed by atoms with E-state index in [4.69, 9.17) is 4.42 Å². The molecule has 178 valence electrons. The van der Waals surface area contributed by atoms with Crippen LogP contribution in [0.2, 0.25) is 0 Å². The van der Waals surface area contributed by atoms with Crippen molar-refractivity contribution in [1.82, 2.24) is 15.1 Å². The first-order valence-electron chi connectivity index (χ1n) is 11.5. The molecule has 8 heteroatoms. The van der Waals surface area contributed by atoms with Gasteiger partial charge in [0.1, 0.15) is 22.7 Å². The van der Waals surface area contributed by atoms with Gasteiger partial charge in [0.25, 0.3) is 5.91 Å². The molecule has 7 nitrogen and oxygen atoms in total. The topological polar surface area (TPSA) is 80.4 Å². The number of aromatic nitrogens is 2. The van der Waals surface area contributed by atoms with E-state index in [1.165, 1.54) is 12.1 Å². The lowest BCUT2D eigenvalue weighted by molar-refractivity contribution is -0.126. The maximum absolute atomic E-state index is 13.8. The standard InChI is InChI=1S/C27H25FN4O3/c1-3-18-6-4-7-21(14-18)32-25(33)23-15-22(24-8-5-13-35-24)30-31(23)17-27(32,2)26(34)29-16-19-9-11-20(28)12-10-19/h4-15H,3,16-17H2,1-2H3,(H,29,34)/t27-/m0/s1. The zero-order valence-electron chi connectivity index (χ0n) is 19.5. The SMILES string of the molecule is CCc1cccc(N2C(=O)c3cc(-c4ccco4)nn3C[C@@]2(C)C(=O)NCc2ccc(F)cc2)c1. The van der Waals surface area contributed by atoms with E-state index in [2.05, 4.69) is 10.4 Å². The van der Waals surface area contributed by atoms with Crippen molar-refractivity contribution in [2.24, 2.45) is 0 Å². The predicted molar refractivity (Wildman–Crippen MR) is 129 cm³/mol. The minimum Gasteiger partial charge on any atom is -0.463 e. The summed E-state index contributed by atoms with van der Waals surface area (Å²) in [5, 5.41) is 7.49. The number of aryl methyl sites for hydroxylation is 1. The molecule has 4 aromatic rings. The summed E-state index contributed by atoms with van der Waals surface area (Å²) in [6, 6.07) is 18.8. The first-order chi connectivity index (χ1) is 16.9. The van der Waals surface area contributed by atoms with Gasteiger partial charge in [-0.15, -0.1) is 0 Å². The quantitative estimate of drug-likeness (QED) is 0.446. The molecule has 3 heterocycles. The average Bonchev–Trinajstić information content (AvgIpc) is 3.54. The van der Waals surface area contributed by atoms with Crippen molar-refractivity contribution in [2.45, 2.75) is 38.9 Å². The van der Waals surface area contributed by atoms with Crippen LogP contribution in [0.4, 0.5) is 10.1 Å². The molecule has 1 N–H and O–H groups in total. The van der Waals surface area contributed by atoms with Gasteiger partial charge in [-0.05, 0) is 60.9 Å². The van der Waals surface area contributed by atoms with Crippen LogP contribution in [0.1, 0.15) is 35.5 Å². The number of benzene rings is 2. The first kappa shape index (κ1) is 22.6. The normalized spacial score (nSPS) is 17.3. The van der Waals surface area contributed by atoms with Crippen molar-refractivity contribution in [3.05, 3.63) is 95.6 Å². The number of nitrogens with one attached hydrogen (secondary N) is 1. The van der Waals surface area contributed by atoms with Gasteiger partial charge in [-0.2, -0.15) is 5.10 Å². The Bertz CT molecular complexity index is 1380. The number of hydrogen-bond donors (Lipinski definition) is 1. The third-order valence-corrected chi connectivity index (χ3v) is 6.36. The van der Waals surface area contributed by atoms with Gasteiger partial charge in [-0.3, -0.25) is 19.2 Å². The van der Waals surface area contributed by atoms with Crippen LogP contribution in [0.3, 0.4) is 0 Å². The van der Waals surface area contributed by atoms with Gasteiger partial charge in [-0.1, -0.05) is 31.2 Å². The van der Waals surface area contributed by atoms with Crippen LogP contribution in [0.25, 0.3) is 11.5 Å². The maximum atomic E-state index is 13.8. The highest BCUT2D eigenvalue weighted by Crippen LogP contribution is 2.34. The molecule has 5 rings (SSSR count). The second-order valence-corrected chi connectivity index (χ2v) is 8.80. The fourth-order valence-electron chi connectivity index (χ4n) is 4.42. The molecule has 2 aromatic carbocycles. The highest BCUT2D eigenvalue weighted by atomic mass is 19.1. The van der Waals surface area contributed by atoms with E-state index in [9.17, 15) is 14.0 Å². The summed E-state index contributed by atoms with van der Waals surface area (Å²) in [5.74, 6) is -0.459. The molecule has 0 radical (unpaired) electrons. The molecule has 1 aliphatic heterocycles. The first-order valence-corrected chi connectivity index (χ1v) is 11.5. The third-order valence-electron chi connectivity index (χ3n) is 6.36. The molecule has 0 saturated heterocycles. The van der Waals surface area contributed by atoms with Crippen LogP contribution in [0, 0.1) is 5.82 Å². The third kappa shape index (κ3) is 4.12. The summed E-state index contributed by atoms with van der Waals surface area (Å²) in [6.07, 6.45) is 2.34. The molecule has 0 saturated carbocycles. The molecular weight excluding hydrogens is 447 g/mol. The number of halogens is 1. The summed E-state index contributed by atoms with van der Waals surface area (Å²) in [6.45, 7) is 4.13. The van der Waals surface area contributed by atoms with Gasteiger partial charge >= 0.3 is 0 Å². The maximum Gasteiger partial charge on any atom is 0.277 e. The summed E-state index contributed by atoms with van der Waals surface area (Å²) in [4.78, 5) is 29.0. The lowest BCUT2D eigenvalue weighted by Gasteiger charge is -2.43. The number of fused-ring (bicyclic) bond motifs is 1. The molecule has 0 bridgehead atoms. The number of anilines is 1. The van der Waals surface area contributed by atoms with Crippen LogP contribution in [0.15, 0.2) is 77.4 Å². The van der Waals surface area contributed by atoms with E-state index in [0.29, 0.717) is 22.8 Å². The van der Waals surface area contributed by atoms with Crippen LogP contribution in [-0.4, -0.2) is 27.1 Å². The number of amides is 2. The fraction of sp³-hybridized carbons (Fsp3) is 0.222. The van der Waals surface area contributed by atoms with Gasteiger partial charge in [0, 0.05) is 18.3 Å². The summed E-state index contributed by atoms with van der Waals surface area (Å²) >= 11 is 0. The summed E-state index contributed by atoms with van der Waals surface area (Å²) in [5.41, 5.74) is 2.09. The Morgan fingerprint density at radius 1 is 1.11 bits per heavy atom. The molecule has 2 amide bonds. The molecule has 0 fully saturated rings. The Balaban J connectivity index is 1.53. The minimum atomic E-state index is -1.26. The molecule has 1 atom stereocenters. The zero-order chi connectivity index (χ0) is 24.6. The number of hydrogen-bond acceptors (Lipinski definition) is 4. The predicted octanol–water partition coefficient (Wildman–Crippen LogP) is 4.58. The van der Waals surface area contributed by atoms with E-state index in [-0.39, 0.29) is 30.7 Å². The Hall–Kier alpha value is -4.20. The smallest absolute Gasteiger partial charge is 0.277 e. The van der Waals surface area contributed by atoms with Gasteiger partial charge in [-0.25, -0.2) is 4.39 Å². The van der Waals surface area contributed by atoms with Crippen LogP contribution in [0.5, 0.6) is 0 Å². The fourth-order valence-corrected chi connectivity index (χ4v) is 4.42.